The molecule has 1 aromatic heterocycles. The molecule has 0 aliphatic rings. The first kappa shape index (κ1) is 17.8. The van der Waals surface area contributed by atoms with E-state index in [2.05, 4.69) is 103 Å². The second-order valence-electron chi connectivity index (χ2n) is 7.89. The van der Waals surface area contributed by atoms with Crippen molar-refractivity contribution >= 4 is 19.0 Å². The first-order valence-electron chi connectivity index (χ1n) is 9.31. The first-order valence-corrected chi connectivity index (χ1v) is 12.9. The van der Waals surface area contributed by atoms with Crippen molar-refractivity contribution in [1.82, 2.24) is 4.57 Å². The lowest BCUT2D eigenvalue weighted by molar-refractivity contribution is 0.670. The fraction of sp³-hybridized carbons (Fsp3) is 0.304. The molecule has 0 fully saturated rings. The lowest BCUT2D eigenvalue weighted by Crippen LogP contribution is -2.29. The Kier molecular flexibility index (Phi) is 5.59. The summed E-state index contributed by atoms with van der Waals surface area (Å²) in [6.07, 6.45) is 9.41. The Morgan fingerprint density at radius 1 is 0.920 bits per heavy atom. The molecule has 130 valence electrons. The van der Waals surface area contributed by atoms with Gasteiger partial charge in [-0.2, -0.15) is 0 Å². The fourth-order valence-corrected chi connectivity index (χ4v) is 5.41. The van der Waals surface area contributed by atoms with Crippen LogP contribution >= 0.6 is 0 Å². The summed E-state index contributed by atoms with van der Waals surface area (Å²) in [4.78, 5) is 0. The number of allylic oxidation sites excluding steroid dienone is 2. The highest BCUT2D eigenvalue weighted by Gasteiger charge is 2.25. The Balaban J connectivity index is 1.60. The third kappa shape index (κ3) is 4.52. The van der Waals surface area contributed by atoms with E-state index >= 15 is 0 Å². The second kappa shape index (κ2) is 7.88. The molecule has 25 heavy (non-hydrogen) atoms. The molecule has 0 aliphatic carbocycles. The van der Waals surface area contributed by atoms with Gasteiger partial charge in [-0.15, -0.1) is 0 Å². The Hall–Kier alpha value is -2.06. The zero-order valence-corrected chi connectivity index (χ0v) is 16.7. The van der Waals surface area contributed by atoms with E-state index in [9.17, 15) is 0 Å². The van der Waals surface area contributed by atoms with Gasteiger partial charge in [-0.1, -0.05) is 80.3 Å². The largest absolute Gasteiger partial charge is 0.347 e. The molecule has 0 saturated carbocycles. The summed E-state index contributed by atoms with van der Waals surface area (Å²) in [5.41, 5.74) is 3.41. The van der Waals surface area contributed by atoms with Crippen molar-refractivity contribution in [3.63, 3.8) is 0 Å². The number of hydrogen-bond donors (Lipinski definition) is 0. The van der Waals surface area contributed by atoms with Gasteiger partial charge in [0.15, 0.2) is 0 Å². The number of fused-ring (bicyclic) bond motifs is 1. The number of rotatable bonds is 7. The number of benzene rings is 2. The van der Waals surface area contributed by atoms with Gasteiger partial charge in [0.2, 0.25) is 0 Å². The summed E-state index contributed by atoms with van der Waals surface area (Å²) in [7, 11) is -1.27. The van der Waals surface area contributed by atoms with E-state index in [1.165, 1.54) is 22.9 Å². The van der Waals surface area contributed by atoms with E-state index in [0.29, 0.717) is 5.54 Å². The molecular formula is C23H29NSi. The molecule has 0 saturated heterocycles. The number of para-hydroxylation sites is 1. The summed E-state index contributed by atoms with van der Waals surface area (Å²) >= 11 is 0. The highest BCUT2D eigenvalue weighted by atomic mass is 28.3. The highest BCUT2D eigenvalue weighted by Crippen LogP contribution is 2.28. The van der Waals surface area contributed by atoms with Crippen molar-refractivity contribution in [2.45, 2.75) is 44.6 Å². The number of nitrogens with zero attached hydrogens (tertiary/aromatic N) is 1. The average molecular weight is 348 g/mol. The molecule has 0 aliphatic heterocycles. The Morgan fingerprint density at radius 2 is 1.64 bits per heavy atom. The van der Waals surface area contributed by atoms with E-state index in [1.54, 1.807) is 0 Å². The van der Waals surface area contributed by atoms with Crippen LogP contribution in [0.1, 0.15) is 23.9 Å². The third-order valence-electron chi connectivity index (χ3n) is 4.87. The first-order chi connectivity index (χ1) is 12.1. The lowest BCUT2D eigenvalue weighted by Gasteiger charge is -2.26. The molecule has 3 rings (SSSR count). The van der Waals surface area contributed by atoms with Gasteiger partial charge < -0.3 is 4.57 Å². The highest BCUT2D eigenvalue weighted by molar-refractivity contribution is 6.78. The second-order valence-corrected chi connectivity index (χ2v) is 13.2. The van der Waals surface area contributed by atoms with Crippen molar-refractivity contribution in [3.05, 3.63) is 84.6 Å². The van der Waals surface area contributed by atoms with Crippen LogP contribution in [-0.4, -0.2) is 12.6 Å². The average Bonchev–Trinajstić information content (AvgIpc) is 3.01. The number of aromatic nitrogens is 1. The van der Waals surface area contributed by atoms with Crippen LogP contribution < -0.4 is 0 Å². The van der Waals surface area contributed by atoms with Crippen LogP contribution in [0.3, 0.4) is 0 Å². The van der Waals surface area contributed by atoms with Gasteiger partial charge in [0, 0.05) is 18.3 Å². The van der Waals surface area contributed by atoms with Crippen molar-refractivity contribution < 1.29 is 0 Å². The molecule has 1 heterocycles. The molecule has 0 bridgehead atoms. The predicted octanol–water partition coefficient (Wildman–Crippen LogP) is 6.64. The molecule has 0 amide bonds. The van der Waals surface area contributed by atoms with Crippen LogP contribution in [0.4, 0.5) is 0 Å². The van der Waals surface area contributed by atoms with Crippen molar-refractivity contribution in [3.8, 4) is 0 Å². The SMILES string of the molecule is C[Si](C)(C)C(/C=C/CCCn1ccc2ccccc21)c1ccccc1. The van der Waals surface area contributed by atoms with Gasteiger partial charge in [0.25, 0.3) is 0 Å². The monoisotopic (exact) mass is 347 g/mol. The maximum atomic E-state index is 2.47. The van der Waals surface area contributed by atoms with Crippen LogP contribution in [-0.2, 0) is 6.54 Å². The molecular weight excluding hydrogens is 318 g/mol. The molecule has 0 radical (unpaired) electrons. The van der Waals surface area contributed by atoms with Gasteiger partial charge in [-0.05, 0) is 41.5 Å². The van der Waals surface area contributed by atoms with E-state index in [0.717, 1.165) is 13.0 Å². The maximum absolute atomic E-state index is 2.47. The normalized spacial score (nSPS) is 13.6. The summed E-state index contributed by atoms with van der Waals surface area (Å²) in [5, 5.41) is 1.33. The van der Waals surface area contributed by atoms with Crippen molar-refractivity contribution in [2.75, 3.05) is 0 Å². The zero-order valence-electron chi connectivity index (χ0n) is 15.7. The number of aryl methyl sites for hydroxylation is 1. The van der Waals surface area contributed by atoms with Crippen LogP contribution in [0, 0.1) is 0 Å². The van der Waals surface area contributed by atoms with Crippen LogP contribution in [0.15, 0.2) is 79.0 Å². The molecule has 1 unspecified atom stereocenters. The van der Waals surface area contributed by atoms with Crippen LogP contribution in [0.2, 0.25) is 19.6 Å². The summed E-state index contributed by atoms with van der Waals surface area (Å²) in [6.45, 7) is 8.46. The van der Waals surface area contributed by atoms with Crippen LogP contribution in [0.25, 0.3) is 10.9 Å². The maximum Gasteiger partial charge on any atom is 0.0565 e. The topological polar surface area (TPSA) is 4.93 Å². The minimum absolute atomic E-state index is 0.598. The predicted molar refractivity (Wildman–Crippen MR) is 113 cm³/mol. The van der Waals surface area contributed by atoms with Gasteiger partial charge in [0.05, 0.1) is 8.07 Å². The Bertz CT molecular complexity index is 824. The van der Waals surface area contributed by atoms with Gasteiger partial charge in [-0.25, -0.2) is 0 Å². The zero-order chi connectivity index (χ0) is 17.7. The summed E-state index contributed by atoms with van der Waals surface area (Å²) < 4.78 is 2.37. The van der Waals surface area contributed by atoms with Gasteiger partial charge >= 0.3 is 0 Å². The minimum Gasteiger partial charge on any atom is -0.347 e. The molecule has 0 N–H and O–H groups in total. The van der Waals surface area contributed by atoms with E-state index in [4.69, 9.17) is 0 Å². The van der Waals surface area contributed by atoms with E-state index in [-0.39, 0.29) is 0 Å². The summed E-state index contributed by atoms with van der Waals surface area (Å²) in [5.74, 6) is 0. The smallest absolute Gasteiger partial charge is 0.0565 e. The number of unbranched alkanes of at least 4 members (excludes halogenated alkanes) is 1. The quantitative estimate of drug-likeness (QED) is 0.256. The fourth-order valence-electron chi connectivity index (χ4n) is 3.51. The van der Waals surface area contributed by atoms with Gasteiger partial charge in [-0.3, -0.25) is 0 Å². The standard InChI is InChI=1S/C23H29NSi/c1-25(2,3)23(21-13-6-4-7-14-21)16-8-5-11-18-24-19-17-20-12-9-10-15-22(20)24/h4,6-10,12-17,19,23H,5,11,18H2,1-3H3/b16-8+. The molecule has 1 atom stereocenters. The molecule has 2 aromatic carbocycles. The lowest BCUT2D eigenvalue weighted by atomic mass is 10.1. The Morgan fingerprint density at radius 3 is 2.40 bits per heavy atom. The molecule has 1 nitrogen and oxygen atoms in total. The molecule has 3 aromatic rings. The third-order valence-corrected chi connectivity index (χ3v) is 7.26. The number of hydrogen-bond acceptors (Lipinski definition) is 0. The van der Waals surface area contributed by atoms with E-state index < -0.39 is 8.07 Å². The summed E-state index contributed by atoms with van der Waals surface area (Å²) in [6, 6.07) is 21.8. The Labute approximate surface area is 153 Å². The minimum atomic E-state index is -1.27. The van der Waals surface area contributed by atoms with E-state index in [1.807, 2.05) is 0 Å². The van der Waals surface area contributed by atoms with Crippen LogP contribution in [0.5, 0.6) is 0 Å². The van der Waals surface area contributed by atoms with Gasteiger partial charge in [0.1, 0.15) is 0 Å². The van der Waals surface area contributed by atoms with Crippen molar-refractivity contribution in [2.24, 2.45) is 0 Å². The van der Waals surface area contributed by atoms with Crippen molar-refractivity contribution in [1.29, 1.82) is 0 Å². The molecule has 0 spiro atoms. The molecule has 2 heteroatoms.